The van der Waals surface area contributed by atoms with E-state index in [1.165, 1.54) is 12.1 Å². The van der Waals surface area contributed by atoms with Gasteiger partial charge in [0, 0.05) is 17.1 Å². The Morgan fingerprint density at radius 3 is 2.88 bits per heavy atom. The molecule has 2 aromatic rings. The van der Waals surface area contributed by atoms with Crippen LogP contribution in [0.15, 0.2) is 24.4 Å². The van der Waals surface area contributed by atoms with Crippen molar-refractivity contribution in [2.24, 2.45) is 5.73 Å². The Morgan fingerprint density at radius 2 is 2.19 bits per heavy atom. The minimum atomic E-state index is -0.393. The molecule has 6 heteroatoms. The van der Waals surface area contributed by atoms with Crippen LogP contribution >= 0.6 is 11.6 Å². The van der Waals surface area contributed by atoms with E-state index in [1.54, 1.807) is 16.9 Å². The molecule has 1 heterocycles. The van der Waals surface area contributed by atoms with Gasteiger partial charge in [-0.1, -0.05) is 16.8 Å². The number of rotatable bonds is 3. The van der Waals surface area contributed by atoms with Crippen LogP contribution in [-0.2, 0) is 6.54 Å². The number of nitrogens with two attached hydrogens (primary N) is 1. The Hall–Kier alpha value is -1.46. The molecule has 0 spiro atoms. The molecule has 0 aliphatic rings. The highest BCUT2D eigenvalue weighted by Gasteiger charge is 2.06. The average molecular weight is 241 g/mol. The second-order valence-corrected chi connectivity index (χ2v) is 3.75. The van der Waals surface area contributed by atoms with Gasteiger partial charge in [-0.3, -0.25) is 4.68 Å². The fourth-order valence-electron chi connectivity index (χ4n) is 1.37. The molecule has 16 heavy (non-hydrogen) atoms. The SMILES string of the molecule is NCCn1cc(-c2cc(F)cc(Cl)c2)nn1. The van der Waals surface area contributed by atoms with Crippen LogP contribution in [0, 0.1) is 5.82 Å². The maximum Gasteiger partial charge on any atom is 0.125 e. The summed E-state index contributed by atoms with van der Waals surface area (Å²) in [5.41, 5.74) is 6.57. The summed E-state index contributed by atoms with van der Waals surface area (Å²) in [6, 6.07) is 4.25. The number of nitrogens with zero attached hydrogens (tertiary/aromatic N) is 3. The van der Waals surface area contributed by atoms with Gasteiger partial charge in [0.1, 0.15) is 11.5 Å². The maximum absolute atomic E-state index is 13.1. The predicted molar refractivity (Wildman–Crippen MR) is 59.5 cm³/mol. The quantitative estimate of drug-likeness (QED) is 0.888. The lowest BCUT2D eigenvalue weighted by Gasteiger charge is -1.97. The molecule has 4 nitrogen and oxygen atoms in total. The van der Waals surface area contributed by atoms with Crippen LogP contribution in [0.5, 0.6) is 0 Å². The van der Waals surface area contributed by atoms with Crippen molar-refractivity contribution in [1.29, 1.82) is 0 Å². The van der Waals surface area contributed by atoms with E-state index in [0.29, 0.717) is 29.4 Å². The Morgan fingerprint density at radius 1 is 1.38 bits per heavy atom. The van der Waals surface area contributed by atoms with Crippen molar-refractivity contribution >= 4 is 11.6 Å². The molecule has 0 radical (unpaired) electrons. The summed E-state index contributed by atoms with van der Waals surface area (Å²) in [6.45, 7) is 1.06. The molecule has 0 saturated carbocycles. The molecule has 0 aliphatic carbocycles. The van der Waals surface area contributed by atoms with Crippen molar-refractivity contribution in [3.05, 3.63) is 35.2 Å². The van der Waals surface area contributed by atoms with E-state index in [2.05, 4.69) is 10.3 Å². The van der Waals surface area contributed by atoms with Crippen LogP contribution < -0.4 is 5.73 Å². The van der Waals surface area contributed by atoms with E-state index in [0.717, 1.165) is 0 Å². The van der Waals surface area contributed by atoms with Gasteiger partial charge in [0.25, 0.3) is 0 Å². The highest BCUT2D eigenvalue weighted by atomic mass is 35.5. The molecule has 0 unspecified atom stereocenters. The zero-order valence-corrected chi connectivity index (χ0v) is 9.15. The van der Waals surface area contributed by atoms with E-state index in [-0.39, 0.29) is 0 Å². The van der Waals surface area contributed by atoms with Gasteiger partial charge in [-0.25, -0.2) is 4.39 Å². The van der Waals surface area contributed by atoms with Gasteiger partial charge in [0.2, 0.25) is 0 Å². The van der Waals surface area contributed by atoms with Crippen molar-refractivity contribution in [2.45, 2.75) is 6.54 Å². The van der Waals surface area contributed by atoms with Gasteiger partial charge >= 0.3 is 0 Å². The van der Waals surface area contributed by atoms with E-state index >= 15 is 0 Å². The molecule has 84 valence electrons. The molecule has 0 amide bonds. The first kappa shape index (κ1) is 11.0. The number of hydrogen-bond acceptors (Lipinski definition) is 3. The van der Waals surface area contributed by atoms with Crippen molar-refractivity contribution in [2.75, 3.05) is 6.54 Å². The molecule has 0 fully saturated rings. The lowest BCUT2D eigenvalue weighted by Crippen LogP contribution is -2.10. The van der Waals surface area contributed by atoms with E-state index in [1.807, 2.05) is 0 Å². The fourth-order valence-corrected chi connectivity index (χ4v) is 1.60. The third-order valence-electron chi connectivity index (χ3n) is 2.06. The molecule has 0 bridgehead atoms. The zero-order chi connectivity index (χ0) is 11.5. The van der Waals surface area contributed by atoms with Crippen LogP contribution in [0.3, 0.4) is 0 Å². The monoisotopic (exact) mass is 240 g/mol. The third-order valence-corrected chi connectivity index (χ3v) is 2.27. The molecular weight excluding hydrogens is 231 g/mol. The number of benzene rings is 1. The maximum atomic E-state index is 13.1. The molecule has 0 aliphatic heterocycles. The van der Waals surface area contributed by atoms with Gasteiger partial charge in [-0.2, -0.15) is 0 Å². The fraction of sp³-hybridized carbons (Fsp3) is 0.200. The molecule has 0 saturated heterocycles. The Balaban J connectivity index is 2.34. The average Bonchev–Trinajstić information content (AvgIpc) is 2.65. The topological polar surface area (TPSA) is 56.7 Å². The summed E-state index contributed by atoms with van der Waals surface area (Å²) >= 11 is 5.75. The number of aromatic nitrogens is 3. The van der Waals surface area contributed by atoms with Crippen molar-refractivity contribution in [1.82, 2.24) is 15.0 Å². The summed E-state index contributed by atoms with van der Waals surface area (Å²) in [5.74, 6) is -0.393. The smallest absolute Gasteiger partial charge is 0.125 e. The second-order valence-electron chi connectivity index (χ2n) is 3.31. The van der Waals surface area contributed by atoms with E-state index in [9.17, 15) is 4.39 Å². The molecular formula is C10H10ClFN4. The Bertz CT molecular complexity index is 477. The summed E-state index contributed by atoms with van der Waals surface area (Å²) in [7, 11) is 0. The predicted octanol–water partition coefficient (Wildman–Crippen LogP) is 1.70. The van der Waals surface area contributed by atoms with Crippen LogP contribution in [0.1, 0.15) is 0 Å². The minimum Gasteiger partial charge on any atom is -0.329 e. The third kappa shape index (κ3) is 2.37. The lowest BCUT2D eigenvalue weighted by molar-refractivity contribution is 0.598. The highest BCUT2D eigenvalue weighted by molar-refractivity contribution is 6.30. The molecule has 1 aromatic carbocycles. The first-order valence-corrected chi connectivity index (χ1v) is 5.13. The normalized spacial score (nSPS) is 10.7. The summed E-state index contributed by atoms with van der Waals surface area (Å²) in [5, 5.41) is 8.12. The van der Waals surface area contributed by atoms with Crippen LogP contribution in [0.2, 0.25) is 5.02 Å². The Kier molecular flexibility index (Phi) is 3.17. The molecule has 2 N–H and O–H groups in total. The number of hydrogen-bond donors (Lipinski definition) is 1. The summed E-state index contributed by atoms with van der Waals surface area (Å²) in [6.07, 6.45) is 1.71. The van der Waals surface area contributed by atoms with Gasteiger partial charge in [0.05, 0.1) is 12.7 Å². The summed E-state index contributed by atoms with van der Waals surface area (Å²) in [4.78, 5) is 0. The first-order chi connectivity index (χ1) is 7.69. The van der Waals surface area contributed by atoms with Crippen molar-refractivity contribution in [3.63, 3.8) is 0 Å². The van der Waals surface area contributed by atoms with E-state index < -0.39 is 5.82 Å². The molecule has 0 atom stereocenters. The second kappa shape index (κ2) is 4.59. The van der Waals surface area contributed by atoms with Gasteiger partial charge in [-0.05, 0) is 18.2 Å². The van der Waals surface area contributed by atoms with Gasteiger partial charge < -0.3 is 5.73 Å². The van der Waals surface area contributed by atoms with E-state index in [4.69, 9.17) is 17.3 Å². The van der Waals surface area contributed by atoms with Crippen molar-refractivity contribution < 1.29 is 4.39 Å². The lowest BCUT2D eigenvalue weighted by atomic mass is 10.2. The summed E-state index contributed by atoms with van der Waals surface area (Å²) < 4.78 is 14.7. The van der Waals surface area contributed by atoms with Crippen LogP contribution in [0.25, 0.3) is 11.3 Å². The first-order valence-electron chi connectivity index (χ1n) is 4.75. The van der Waals surface area contributed by atoms with Crippen LogP contribution in [-0.4, -0.2) is 21.5 Å². The standard InChI is InChI=1S/C10H10ClFN4/c11-8-3-7(4-9(12)5-8)10-6-16(2-1-13)15-14-10/h3-6H,1-2,13H2. The minimum absolute atomic E-state index is 0.336. The highest BCUT2D eigenvalue weighted by Crippen LogP contribution is 2.22. The Labute approximate surface area is 96.8 Å². The number of halogens is 2. The molecule has 1 aromatic heterocycles. The molecule has 2 rings (SSSR count). The van der Waals surface area contributed by atoms with Gasteiger partial charge in [0.15, 0.2) is 0 Å². The van der Waals surface area contributed by atoms with Crippen LogP contribution in [0.4, 0.5) is 4.39 Å². The largest absolute Gasteiger partial charge is 0.329 e. The van der Waals surface area contributed by atoms with Crippen molar-refractivity contribution in [3.8, 4) is 11.3 Å². The zero-order valence-electron chi connectivity index (χ0n) is 8.40. The van der Waals surface area contributed by atoms with Gasteiger partial charge in [-0.15, -0.1) is 5.10 Å².